The molecule has 2 atom stereocenters. The van der Waals surface area contributed by atoms with Crippen molar-refractivity contribution in [1.29, 1.82) is 0 Å². The highest BCUT2D eigenvalue weighted by Gasteiger charge is 2.28. The Bertz CT molecular complexity index is 480. The Kier molecular flexibility index (Phi) is 5.07. The summed E-state index contributed by atoms with van der Waals surface area (Å²) in [5.74, 6) is 0. The zero-order valence-electron chi connectivity index (χ0n) is 12.5. The summed E-state index contributed by atoms with van der Waals surface area (Å²) in [6, 6.07) is 7.13. The molecule has 2 heterocycles. The monoisotopic (exact) mass is 327 g/mol. The minimum atomic E-state index is 0.392. The Morgan fingerprint density at radius 2 is 1.90 bits per heavy atom. The molecule has 0 aromatic heterocycles. The Balaban J connectivity index is 1.59. The van der Waals surface area contributed by atoms with E-state index in [4.69, 9.17) is 23.2 Å². The number of benzene rings is 1. The largest absolute Gasteiger partial charge is 0.315 e. The predicted molar refractivity (Wildman–Crippen MR) is 89.3 cm³/mol. The van der Waals surface area contributed by atoms with E-state index < -0.39 is 0 Å². The van der Waals surface area contributed by atoms with Crippen molar-refractivity contribution >= 4 is 23.2 Å². The lowest BCUT2D eigenvalue weighted by atomic mass is 10.1. The van der Waals surface area contributed by atoms with Crippen LogP contribution in [0.2, 0.25) is 10.0 Å². The Morgan fingerprint density at radius 1 is 1.14 bits per heavy atom. The summed E-state index contributed by atoms with van der Waals surface area (Å²) in [5, 5.41) is 4.74. The quantitative estimate of drug-likeness (QED) is 0.920. The third-order valence-corrected chi connectivity index (χ3v) is 5.61. The average molecular weight is 328 g/mol. The molecular weight excluding hydrogens is 305 g/mol. The second-order valence-electron chi connectivity index (χ2n) is 6.07. The molecule has 3 nitrogen and oxygen atoms in total. The van der Waals surface area contributed by atoms with E-state index in [9.17, 15) is 0 Å². The highest BCUT2D eigenvalue weighted by Crippen LogP contribution is 2.29. The molecule has 0 radical (unpaired) electrons. The molecule has 1 aromatic rings. The fourth-order valence-corrected chi connectivity index (χ4v) is 3.73. The molecule has 3 rings (SSSR count). The highest BCUT2D eigenvalue weighted by atomic mass is 35.5. The summed E-state index contributed by atoms with van der Waals surface area (Å²) < 4.78 is 0. The van der Waals surface area contributed by atoms with Crippen molar-refractivity contribution in [2.24, 2.45) is 0 Å². The van der Waals surface area contributed by atoms with Crippen molar-refractivity contribution < 1.29 is 0 Å². The summed E-state index contributed by atoms with van der Waals surface area (Å²) in [6.07, 6.45) is 1.29. The maximum absolute atomic E-state index is 6.14. The lowest BCUT2D eigenvalue weighted by molar-refractivity contribution is 0.0787. The number of nitrogens with one attached hydrogen (secondary N) is 1. The molecule has 2 saturated heterocycles. The van der Waals surface area contributed by atoms with E-state index in [1.165, 1.54) is 18.5 Å². The van der Waals surface area contributed by atoms with Crippen molar-refractivity contribution in [2.45, 2.75) is 25.4 Å². The van der Waals surface area contributed by atoms with Crippen LogP contribution in [0.1, 0.15) is 24.9 Å². The predicted octanol–water partition coefficient (Wildman–Crippen LogP) is 3.03. The van der Waals surface area contributed by atoms with Crippen LogP contribution in [0.25, 0.3) is 0 Å². The normalized spacial score (nSPS) is 26.1. The molecular formula is C16H23Cl2N3. The molecule has 2 aliphatic rings. The van der Waals surface area contributed by atoms with Crippen LogP contribution in [0.5, 0.6) is 0 Å². The molecule has 5 heteroatoms. The summed E-state index contributed by atoms with van der Waals surface area (Å²) in [7, 11) is 0. The zero-order chi connectivity index (χ0) is 14.8. The minimum absolute atomic E-state index is 0.392. The lowest BCUT2D eigenvalue weighted by Gasteiger charge is -2.40. The van der Waals surface area contributed by atoms with Crippen molar-refractivity contribution in [3.63, 3.8) is 0 Å². The first-order chi connectivity index (χ1) is 10.1. The van der Waals surface area contributed by atoms with Gasteiger partial charge >= 0.3 is 0 Å². The van der Waals surface area contributed by atoms with Crippen LogP contribution in [-0.4, -0.2) is 55.1 Å². The van der Waals surface area contributed by atoms with Crippen LogP contribution in [0.4, 0.5) is 0 Å². The fourth-order valence-electron chi connectivity index (χ4n) is 3.42. The van der Waals surface area contributed by atoms with Crippen molar-refractivity contribution in [1.82, 2.24) is 15.1 Å². The molecule has 0 amide bonds. The molecule has 1 aromatic carbocycles. The van der Waals surface area contributed by atoms with E-state index in [-0.39, 0.29) is 0 Å². The summed E-state index contributed by atoms with van der Waals surface area (Å²) in [5.41, 5.74) is 1.25. The van der Waals surface area contributed by atoms with Gasteiger partial charge in [0.1, 0.15) is 0 Å². The molecule has 0 saturated carbocycles. The van der Waals surface area contributed by atoms with Gasteiger partial charge in [-0.3, -0.25) is 9.80 Å². The van der Waals surface area contributed by atoms with Crippen molar-refractivity contribution in [2.75, 3.05) is 39.3 Å². The third-order valence-electron chi connectivity index (χ3n) is 4.87. The Hall–Kier alpha value is -0.320. The second kappa shape index (κ2) is 6.84. The number of nitrogens with zero attached hydrogens (tertiary/aromatic N) is 2. The Labute approximate surface area is 137 Å². The number of hydrogen-bond donors (Lipinski definition) is 1. The molecule has 0 bridgehead atoms. The van der Waals surface area contributed by atoms with Gasteiger partial charge < -0.3 is 5.32 Å². The second-order valence-corrected chi connectivity index (χ2v) is 6.88. The summed E-state index contributed by atoms with van der Waals surface area (Å²) in [4.78, 5) is 5.18. The van der Waals surface area contributed by atoms with E-state index in [0.29, 0.717) is 16.1 Å². The molecule has 2 aliphatic heterocycles. The first-order valence-electron chi connectivity index (χ1n) is 7.79. The third kappa shape index (κ3) is 3.54. The molecule has 0 spiro atoms. The van der Waals surface area contributed by atoms with Gasteiger partial charge in [-0.05, 0) is 37.6 Å². The van der Waals surface area contributed by atoms with Gasteiger partial charge in [0, 0.05) is 44.8 Å². The van der Waals surface area contributed by atoms with Crippen molar-refractivity contribution in [3.8, 4) is 0 Å². The van der Waals surface area contributed by atoms with E-state index >= 15 is 0 Å². The summed E-state index contributed by atoms with van der Waals surface area (Å²) in [6.45, 7) is 9.16. The average Bonchev–Trinajstić information content (AvgIpc) is 3.04. The van der Waals surface area contributed by atoms with Gasteiger partial charge in [0.05, 0.1) is 10.0 Å². The topological polar surface area (TPSA) is 18.5 Å². The molecule has 21 heavy (non-hydrogen) atoms. The standard InChI is InChI=1S/C16H23Cl2N3/c1-12(13-2-3-15(17)16(18)10-13)20-6-8-21(9-7-20)14-4-5-19-11-14/h2-3,10,12,14,19H,4-9,11H2,1H3. The number of piperazine rings is 1. The first kappa shape index (κ1) is 15.6. The van der Waals surface area contributed by atoms with Crippen LogP contribution in [0, 0.1) is 0 Å². The van der Waals surface area contributed by atoms with Gasteiger partial charge in [-0.25, -0.2) is 0 Å². The van der Waals surface area contributed by atoms with Gasteiger partial charge in [0.2, 0.25) is 0 Å². The van der Waals surface area contributed by atoms with Gasteiger partial charge in [-0.1, -0.05) is 29.3 Å². The maximum atomic E-state index is 6.14. The Morgan fingerprint density at radius 3 is 2.52 bits per heavy atom. The van der Waals surface area contributed by atoms with E-state index in [2.05, 4.69) is 28.1 Å². The van der Waals surface area contributed by atoms with Crippen LogP contribution in [0.3, 0.4) is 0 Å². The highest BCUT2D eigenvalue weighted by molar-refractivity contribution is 6.42. The van der Waals surface area contributed by atoms with E-state index in [1.54, 1.807) is 0 Å². The zero-order valence-corrected chi connectivity index (χ0v) is 14.0. The van der Waals surface area contributed by atoms with Crippen LogP contribution >= 0.6 is 23.2 Å². The minimum Gasteiger partial charge on any atom is -0.315 e. The molecule has 116 valence electrons. The fraction of sp³-hybridized carbons (Fsp3) is 0.625. The van der Waals surface area contributed by atoms with Gasteiger partial charge in [0.15, 0.2) is 0 Å². The molecule has 2 fully saturated rings. The van der Waals surface area contributed by atoms with E-state index in [1.807, 2.05) is 12.1 Å². The SMILES string of the molecule is CC(c1ccc(Cl)c(Cl)c1)N1CCN(C2CCNC2)CC1. The van der Waals surface area contributed by atoms with Gasteiger partial charge in [-0.15, -0.1) is 0 Å². The number of halogens is 2. The number of hydrogen-bond acceptors (Lipinski definition) is 3. The lowest BCUT2D eigenvalue weighted by Crippen LogP contribution is -2.51. The van der Waals surface area contributed by atoms with Crippen LogP contribution in [-0.2, 0) is 0 Å². The summed E-state index contributed by atoms with van der Waals surface area (Å²) >= 11 is 12.1. The smallest absolute Gasteiger partial charge is 0.0595 e. The molecule has 0 aliphatic carbocycles. The maximum Gasteiger partial charge on any atom is 0.0595 e. The van der Waals surface area contributed by atoms with Crippen molar-refractivity contribution in [3.05, 3.63) is 33.8 Å². The first-order valence-corrected chi connectivity index (χ1v) is 8.54. The van der Waals surface area contributed by atoms with E-state index in [0.717, 1.165) is 38.8 Å². The van der Waals surface area contributed by atoms with Crippen LogP contribution < -0.4 is 5.32 Å². The molecule has 1 N–H and O–H groups in total. The van der Waals surface area contributed by atoms with Crippen LogP contribution in [0.15, 0.2) is 18.2 Å². The van der Waals surface area contributed by atoms with Gasteiger partial charge in [0.25, 0.3) is 0 Å². The number of rotatable bonds is 3. The van der Waals surface area contributed by atoms with Gasteiger partial charge in [-0.2, -0.15) is 0 Å². The molecule has 2 unspecified atom stereocenters.